The number of nitrogens with one attached hydrogen (secondary N) is 1. The first kappa shape index (κ1) is 20.1. The first-order valence-corrected chi connectivity index (χ1v) is 10.5. The highest BCUT2D eigenvalue weighted by molar-refractivity contribution is 5.96. The molecule has 0 radical (unpaired) electrons. The Labute approximate surface area is 176 Å². The summed E-state index contributed by atoms with van der Waals surface area (Å²) in [7, 11) is 0. The molecule has 1 aromatic heterocycles. The molecule has 3 aromatic rings. The van der Waals surface area contributed by atoms with E-state index in [0.29, 0.717) is 11.5 Å². The number of hydrogen-bond acceptors (Lipinski definition) is 3. The summed E-state index contributed by atoms with van der Waals surface area (Å²) in [5.41, 5.74) is 5.34. The molecule has 0 aliphatic carbocycles. The van der Waals surface area contributed by atoms with Crippen molar-refractivity contribution < 1.29 is 9.59 Å². The summed E-state index contributed by atoms with van der Waals surface area (Å²) in [6.45, 7) is 6.68. The van der Waals surface area contributed by atoms with E-state index >= 15 is 0 Å². The van der Waals surface area contributed by atoms with Gasteiger partial charge in [0.25, 0.3) is 5.91 Å². The molecular weight excluding hydrogens is 376 g/mol. The van der Waals surface area contributed by atoms with Crippen LogP contribution in [-0.2, 0) is 11.3 Å². The molecule has 1 aliphatic heterocycles. The standard InChI is InChI=1S/C24H28N4O2/c1-17-12-21-22(13-18(17)2)28(16-26-21)15-19-8-10-27(11-9-19)23(29)14-25-24(30)20-6-4-3-5-7-20/h3-7,12-13,16,19H,8-11,14-15H2,1-2H3,(H,25,30). The lowest BCUT2D eigenvalue weighted by Crippen LogP contribution is -2.44. The van der Waals surface area contributed by atoms with Crippen LogP contribution in [0, 0.1) is 19.8 Å². The number of likely N-dealkylation sites (tertiary alicyclic amines) is 1. The van der Waals surface area contributed by atoms with Crippen molar-refractivity contribution in [3.05, 3.63) is 65.5 Å². The van der Waals surface area contributed by atoms with E-state index in [-0.39, 0.29) is 18.4 Å². The van der Waals surface area contributed by atoms with Crippen LogP contribution >= 0.6 is 0 Å². The van der Waals surface area contributed by atoms with Gasteiger partial charge in [-0.1, -0.05) is 18.2 Å². The Hall–Kier alpha value is -3.15. The highest BCUT2D eigenvalue weighted by atomic mass is 16.2. The number of piperidine rings is 1. The molecule has 0 bridgehead atoms. The van der Waals surface area contributed by atoms with Gasteiger partial charge in [0.05, 0.1) is 23.9 Å². The van der Waals surface area contributed by atoms with Crippen LogP contribution in [0.15, 0.2) is 48.8 Å². The van der Waals surface area contributed by atoms with Crippen LogP contribution < -0.4 is 5.32 Å². The zero-order valence-electron chi connectivity index (χ0n) is 17.6. The van der Waals surface area contributed by atoms with Crippen LogP contribution in [0.5, 0.6) is 0 Å². The van der Waals surface area contributed by atoms with Gasteiger partial charge in [-0.25, -0.2) is 4.98 Å². The average molecular weight is 405 g/mol. The lowest BCUT2D eigenvalue weighted by molar-refractivity contribution is -0.131. The average Bonchev–Trinajstić information content (AvgIpc) is 3.14. The van der Waals surface area contributed by atoms with Crippen molar-refractivity contribution in [2.45, 2.75) is 33.2 Å². The monoisotopic (exact) mass is 404 g/mol. The number of benzene rings is 2. The molecule has 1 saturated heterocycles. The number of fused-ring (bicyclic) bond motifs is 1. The maximum atomic E-state index is 12.5. The van der Waals surface area contributed by atoms with Crippen LogP contribution in [0.25, 0.3) is 11.0 Å². The van der Waals surface area contributed by atoms with E-state index in [9.17, 15) is 9.59 Å². The molecule has 4 rings (SSSR count). The summed E-state index contributed by atoms with van der Waals surface area (Å²) < 4.78 is 2.24. The molecule has 1 N–H and O–H groups in total. The Morgan fingerprint density at radius 3 is 2.50 bits per heavy atom. The number of amides is 2. The minimum absolute atomic E-state index is 0.0167. The number of aromatic nitrogens is 2. The second-order valence-corrected chi connectivity index (χ2v) is 8.19. The number of carbonyl (C=O) groups is 2. The predicted molar refractivity (Wildman–Crippen MR) is 117 cm³/mol. The molecule has 2 amide bonds. The molecule has 1 aliphatic rings. The van der Waals surface area contributed by atoms with Gasteiger partial charge in [0.2, 0.25) is 5.91 Å². The number of hydrogen-bond donors (Lipinski definition) is 1. The van der Waals surface area contributed by atoms with Crippen LogP contribution in [0.2, 0.25) is 0 Å². The number of aryl methyl sites for hydroxylation is 2. The Morgan fingerprint density at radius 2 is 1.77 bits per heavy atom. The quantitative estimate of drug-likeness (QED) is 0.709. The molecule has 156 valence electrons. The topological polar surface area (TPSA) is 67.2 Å². The third-order valence-corrected chi connectivity index (χ3v) is 6.09. The summed E-state index contributed by atoms with van der Waals surface area (Å²) in [5, 5.41) is 2.73. The normalized spacial score (nSPS) is 14.8. The first-order chi connectivity index (χ1) is 14.5. The maximum Gasteiger partial charge on any atom is 0.251 e. The van der Waals surface area contributed by atoms with Gasteiger partial charge in [-0.15, -0.1) is 0 Å². The van der Waals surface area contributed by atoms with Gasteiger partial charge in [0.15, 0.2) is 0 Å². The third kappa shape index (κ3) is 4.37. The van der Waals surface area contributed by atoms with Crippen molar-refractivity contribution in [2.75, 3.05) is 19.6 Å². The number of rotatable bonds is 5. The largest absolute Gasteiger partial charge is 0.343 e. The first-order valence-electron chi connectivity index (χ1n) is 10.5. The molecule has 6 nitrogen and oxygen atoms in total. The fraction of sp³-hybridized carbons (Fsp3) is 0.375. The SMILES string of the molecule is Cc1cc2ncn(CC3CCN(C(=O)CNC(=O)c4ccccc4)CC3)c2cc1C. The highest BCUT2D eigenvalue weighted by Gasteiger charge is 2.23. The minimum Gasteiger partial charge on any atom is -0.343 e. The van der Waals surface area contributed by atoms with Crippen molar-refractivity contribution in [1.82, 2.24) is 19.8 Å². The Morgan fingerprint density at radius 1 is 1.07 bits per heavy atom. The van der Waals surface area contributed by atoms with Gasteiger partial charge in [0, 0.05) is 25.2 Å². The van der Waals surface area contributed by atoms with Crippen LogP contribution in [0.3, 0.4) is 0 Å². The number of carbonyl (C=O) groups excluding carboxylic acids is 2. The van der Waals surface area contributed by atoms with E-state index in [1.165, 1.54) is 16.6 Å². The predicted octanol–water partition coefficient (Wildman–Crippen LogP) is 3.32. The molecule has 2 heterocycles. The zero-order valence-corrected chi connectivity index (χ0v) is 17.6. The summed E-state index contributed by atoms with van der Waals surface area (Å²) in [5.74, 6) is 0.292. The third-order valence-electron chi connectivity index (χ3n) is 6.09. The molecule has 2 aromatic carbocycles. The van der Waals surface area contributed by atoms with Gasteiger partial charge in [-0.2, -0.15) is 0 Å². The molecule has 30 heavy (non-hydrogen) atoms. The lowest BCUT2D eigenvalue weighted by Gasteiger charge is -2.32. The van der Waals surface area contributed by atoms with E-state index in [1.807, 2.05) is 29.4 Å². The van der Waals surface area contributed by atoms with Gasteiger partial charge in [0.1, 0.15) is 0 Å². The number of imidazole rings is 1. The van der Waals surface area contributed by atoms with Crippen molar-refractivity contribution in [3.8, 4) is 0 Å². The van der Waals surface area contributed by atoms with Crippen molar-refractivity contribution in [2.24, 2.45) is 5.92 Å². The fourth-order valence-electron chi connectivity index (χ4n) is 4.06. The van der Waals surface area contributed by atoms with Crippen LogP contribution in [0.4, 0.5) is 0 Å². The fourth-order valence-corrected chi connectivity index (χ4v) is 4.06. The van der Waals surface area contributed by atoms with Gasteiger partial charge in [-0.05, 0) is 68.0 Å². The molecular formula is C24H28N4O2. The molecule has 0 unspecified atom stereocenters. The van der Waals surface area contributed by atoms with Crippen LogP contribution in [0.1, 0.15) is 34.3 Å². The summed E-state index contributed by atoms with van der Waals surface area (Å²) in [6.07, 6.45) is 3.85. The van der Waals surface area contributed by atoms with Crippen molar-refractivity contribution >= 4 is 22.8 Å². The smallest absolute Gasteiger partial charge is 0.251 e. The molecule has 0 atom stereocenters. The van der Waals surface area contributed by atoms with E-state index in [2.05, 4.69) is 40.8 Å². The van der Waals surface area contributed by atoms with Gasteiger partial charge < -0.3 is 14.8 Å². The zero-order chi connectivity index (χ0) is 21.1. The van der Waals surface area contributed by atoms with Gasteiger partial charge >= 0.3 is 0 Å². The Bertz CT molecular complexity index is 1050. The summed E-state index contributed by atoms with van der Waals surface area (Å²) >= 11 is 0. The molecule has 0 spiro atoms. The van der Waals surface area contributed by atoms with E-state index in [4.69, 9.17) is 0 Å². The van der Waals surface area contributed by atoms with Crippen molar-refractivity contribution in [1.29, 1.82) is 0 Å². The Balaban J connectivity index is 1.28. The van der Waals surface area contributed by atoms with Crippen molar-refractivity contribution in [3.63, 3.8) is 0 Å². The van der Waals surface area contributed by atoms with Crippen LogP contribution in [-0.4, -0.2) is 45.9 Å². The minimum atomic E-state index is -0.212. The second-order valence-electron chi connectivity index (χ2n) is 8.19. The van der Waals surface area contributed by atoms with E-state index < -0.39 is 0 Å². The summed E-state index contributed by atoms with van der Waals surface area (Å²) in [4.78, 5) is 31.0. The van der Waals surface area contributed by atoms with Gasteiger partial charge in [-0.3, -0.25) is 9.59 Å². The summed E-state index contributed by atoms with van der Waals surface area (Å²) in [6, 6.07) is 13.3. The second kappa shape index (κ2) is 8.69. The number of nitrogens with zero attached hydrogens (tertiary/aromatic N) is 3. The van der Waals surface area contributed by atoms with E-state index in [1.54, 1.807) is 12.1 Å². The lowest BCUT2D eigenvalue weighted by atomic mass is 9.96. The Kier molecular flexibility index (Phi) is 5.84. The molecule has 1 fully saturated rings. The molecule has 0 saturated carbocycles. The maximum absolute atomic E-state index is 12.5. The highest BCUT2D eigenvalue weighted by Crippen LogP contribution is 2.23. The molecule has 6 heteroatoms. The van der Waals surface area contributed by atoms with E-state index in [0.717, 1.165) is 38.0 Å².